The lowest BCUT2D eigenvalue weighted by atomic mass is 9.92. The second-order valence-electron chi connectivity index (χ2n) is 5.84. The fourth-order valence-corrected chi connectivity index (χ4v) is 4.88. The third kappa shape index (κ3) is 4.38. The van der Waals surface area contributed by atoms with Crippen LogP contribution in [0.4, 0.5) is 0 Å². The maximum atomic E-state index is 12.5. The van der Waals surface area contributed by atoms with E-state index < -0.39 is 0 Å². The summed E-state index contributed by atoms with van der Waals surface area (Å²) in [5.41, 5.74) is 6.85. The second-order valence-corrected chi connectivity index (χ2v) is 8.10. The number of halogens is 1. The van der Waals surface area contributed by atoms with Crippen LogP contribution < -0.4 is 5.73 Å². The van der Waals surface area contributed by atoms with Crippen LogP contribution in [-0.4, -0.2) is 40.7 Å². The smallest absolute Gasteiger partial charge is 0.233 e. The minimum Gasteiger partial charge on any atom is -0.338 e. The zero-order valence-corrected chi connectivity index (χ0v) is 15.6. The Morgan fingerprint density at radius 1 is 1.48 bits per heavy atom. The molecule has 1 fully saturated rings. The van der Waals surface area contributed by atoms with Crippen molar-refractivity contribution in [2.75, 3.05) is 18.8 Å². The molecular weight excluding hydrogens is 350 g/mol. The molecule has 7 heteroatoms. The first-order valence-electron chi connectivity index (χ1n) is 7.65. The molecule has 1 amide bonds. The Kier molecular flexibility index (Phi) is 6.71. The van der Waals surface area contributed by atoms with Crippen LogP contribution in [-0.2, 0) is 4.79 Å². The number of nitrogens with two attached hydrogens (primary N) is 1. The Morgan fingerprint density at radius 3 is 3.00 bits per heavy atom. The van der Waals surface area contributed by atoms with Crippen molar-refractivity contribution in [3.63, 3.8) is 0 Å². The number of fused-ring (bicyclic) bond motifs is 1. The van der Waals surface area contributed by atoms with Gasteiger partial charge >= 0.3 is 0 Å². The van der Waals surface area contributed by atoms with Crippen molar-refractivity contribution in [3.8, 4) is 0 Å². The lowest BCUT2D eigenvalue weighted by Gasteiger charge is -2.38. The van der Waals surface area contributed by atoms with E-state index >= 15 is 0 Å². The number of carbonyl (C=O) groups is 1. The molecule has 1 aliphatic heterocycles. The molecule has 1 aliphatic rings. The third-order valence-corrected chi connectivity index (χ3v) is 6.33. The Morgan fingerprint density at radius 2 is 2.26 bits per heavy atom. The van der Waals surface area contributed by atoms with Gasteiger partial charge in [0.15, 0.2) is 4.34 Å². The van der Waals surface area contributed by atoms with Crippen molar-refractivity contribution in [2.24, 2.45) is 11.7 Å². The van der Waals surface area contributed by atoms with Crippen LogP contribution in [0.15, 0.2) is 28.6 Å². The van der Waals surface area contributed by atoms with Crippen molar-refractivity contribution in [3.05, 3.63) is 24.3 Å². The van der Waals surface area contributed by atoms with E-state index in [0.29, 0.717) is 18.2 Å². The molecule has 0 saturated carbocycles. The molecule has 0 spiro atoms. The van der Waals surface area contributed by atoms with Crippen LogP contribution >= 0.6 is 35.5 Å². The quantitative estimate of drug-likeness (QED) is 0.837. The molecule has 0 radical (unpaired) electrons. The number of thioether (sulfide) groups is 1. The molecule has 2 N–H and O–H groups in total. The summed E-state index contributed by atoms with van der Waals surface area (Å²) >= 11 is 3.19. The van der Waals surface area contributed by atoms with E-state index in [1.807, 2.05) is 23.1 Å². The number of benzene rings is 1. The van der Waals surface area contributed by atoms with E-state index in [4.69, 9.17) is 5.73 Å². The number of aromatic nitrogens is 1. The average Bonchev–Trinajstić information content (AvgIpc) is 2.95. The fourth-order valence-electron chi connectivity index (χ4n) is 2.92. The summed E-state index contributed by atoms with van der Waals surface area (Å²) in [5.74, 6) is 1.30. The van der Waals surface area contributed by atoms with Gasteiger partial charge in [0.1, 0.15) is 0 Å². The Labute approximate surface area is 151 Å². The van der Waals surface area contributed by atoms with Crippen molar-refractivity contribution in [2.45, 2.75) is 30.1 Å². The first-order valence-corrected chi connectivity index (χ1v) is 9.45. The van der Waals surface area contributed by atoms with Gasteiger partial charge in [-0.2, -0.15) is 0 Å². The van der Waals surface area contributed by atoms with Gasteiger partial charge in [0, 0.05) is 19.1 Å². The average molecular weight is 372 g/mol. The van der Waals surface area contributed by atoms with Gasteiger partial charge in [-0.1, -0.05) is 30.8 Å². The molecule has 2 aromatic rings. The predicted octanol–water partition coefficient (Wildman–Crippen LogP) is 3.40. The Bertz CT molecular complexity index is 631. The number of likely N-dealkylation sites (tertiary alicyclic amines) is 1. The highest BCUT2D eigenvalue weighted by Gasteiger charge is 2.28. The molecule has 2 atom stereocenters. The van der Waals surface area contributed by atoms with Crippen LogP contribution in [0.25, 0.3) is 10.2 Å². The highest BCUT2D eigenvalue weighted by atomic mass is 35.5. The SMILES string of the molecule is CC1CCN(C(=O)CSc2nc3ccccc3s2)C(CN)C1.Cl. The summed E-state index contributed by atoms with van der Waals surface area (Å²) in [5, 5.41) is 0. The number of nitrogens with zero attached hydrogens (tertiary/aromatic N) is 2. The fraction of sp³-hybridized carbons (Fsp3) is 0.500. The molecular formula is C16H22ClN3OS2. The van der Waals surface area contributed by atoms with E-state index in [1.54, 1.807) is 11.3 Å². The normalized spacial score (nSPS) is 21.2. The summed E-state index contributed by atoms with van der Waals surface area (Å²) in [6.45, 7) is 3.63. The van der Waals surface area contributed by atoms with Gasteiger partial charge in [-0.3, -0.25) is 4.79 Å². The summed E-state index contributed by atoms with van der Waals surface area (Å²) in [4.78, 5) is 19.0. The minimum atomic E-state index is 0. The molecule has 2 unspecified atom stereocenters. The highest BCUT2D eigenvalue weighted by Crippen LogP contribution is 2.30. The lowest BCUT2D eigenvalue weighted by molar-refractivity contribution is -0.132. The van der Waals surface area contributed by atoms with E-state index in [-0.39, 0.29) is 24.4 Å². The van der Waals surface area contributed by atoms with E-state index in [2.05, 4.69) is 18.0 Å². The maximum absolute atomic E-state index is 12.5. The summed E-state index contributed by atoms with van der Waals surface area (Å²) in [6.07, 6.45) is 2.10. The minimum absolute atomic E-state index is 0. The topological polar surface area (TPSA) is 59.2 Å². The number of piperidine rings is 1. The van der Waals surface area contributed by atoms with E-state index in [1.165, 1.54) is 16.5 Å². The number of rotatable bonds is 4. The van der Waals surface area contributed by atoms with Gasteiger partial charge in [-0.25, -0.2) is 4.98 Å². The van der Waals surface area contributed by atoms with Crippen LogP contribution in [0.5, 0.6) is 0 Å². The molecule has 0 aliphatic carbocycles. The lowest BCUT2D eigenvalue weighted by Crippen LogP contribution is -2.49. The standard InChI is InChI=1S/C16H21N3OS2.ClH/c1-11-6-7-19(12(8-11)9-17)15(20)10-21-16-18-13-4-2-3-5-14(13)22-16;/h2-5,11-12H,6-10,17H2,1H3;1H. The zero-order chi connectivity index (χ0) is 15.5. The van der Waals surface area contributed by atoms with Gasteiger partial charge in [-0.05, 0) is 30.9 Å². The van der Waals surface area contributed by atoms with Crippen LogP contribution in [0.1, 0.15) is 19.8 Å². The Balaban J connectivity index is 0.00000192. The molecule has 126 valence electrons. The van der Waals surface area contributed by atoms with Gasteiger partial charge < -0.3 is 10.6 Å². The molecule has 0 bridgehead atoms. The highest BCUT2D eigenvalue weighted by molar-refractivity contribution is 8.01. The van der Waals surface area contributed by atoms with Crippen LogP contribution in [0.2, 0.25) is 0 Å². The first kappa shape index (κ1) is 18.5. The van der Waals surface area contributed by atoms with E-state index in [9.17, 15) is 4.79 Å². The molecule has 1 aromatic carbocycles. The molecule has 3 rings (SSSR count). The summed E-state index contributed by atoms with van der Waals surface area (Å²) in [6, 6.07) is 8.28. The van der Waals surface area contributed by atoms with Crippen molar-refractivity contribution < 1.29 is 4.79 Å². The van der Waals surface area contributed by atoms with Crippen molar-refractivity contribution in [1.82, 2.24) is 9.88 Å². The Hall–Kier alpha value is -0.820. The molecule has 1 saturated heterocycles. The van der Waals surface area contributed by atoms with Crippen molar-refractivity contribution in [1.29, 1.82) is 0 Å². The van der Waals surface area contributed by atoms with Gasteiger partial charge in [0.05, 0.1) is 16.0 Å². The molecule has 4 nitrogen and oxygen atoms in total. The summed E-state index contributed by atoms with van der Waals surface area (Å²) in [7, 11) is 0. The van der Waals surface area contributed by atoms with Crippen molar-refractivity contribution >= 4 is 51.6 Å². The number of amides is 1. The van der Waals surface area contributed by atoms with Gasteiger partial charge in [0.2, 0.25) is 5.91 Å². The summed E-state index contributed by atoms with van der Waals surface area (Å²) < 4.78 is 2.13. The molecule has 2 heterocycles. The largest absolute Gasteiger partial charge is 0.338 e. The monoisotopic (exact) mass is 371 g/mol. The third-order valence-electron chi connectivity index (χ3n) is 4.16. The predicted molar refractivity (Wildman–Crippen MR) is 101 cm³/mol. The van der Waals surface area contributed by atoms with Gasteiger partial charge in [-0.15, -0.1) is 23.7 Å². The number of carbonyl (C=O) groups excluding carboxylic acids is 1. The zero-order valence-electron chi connectivity index (χ0n) is 13.1. The molecule has 23 heavy (non-hydrogen) atoms. The molecule has 1 aromatic heterocycles. The van der Waals surface area contributed by atoms with E-state index in [0.717, 1.165) is 29.2 Å². The van der Waals surface area contributed by atoms with Gasteiger partial charge in [0.25, 0.3) is 0 Å². The number of hydrogen-bond donors (Lipinski definition) is 1. The first-order chi connectivity index (χ1) is 10.7. The number of thiazole rings is 1. The number of para-hydroxylation sites is 1. The van der Waals surface area contributed by atoms with Crippen LogP contribution in [0, 0.1) is 5.92 Å². The second kappa shape index (κ2) is 8.33. The maximum Gasteiger partial charge on any atom is 0.233 e. The van der Waals surface area contributed by atoms with Crippen LogP contribution in [0.3, 0.4) is 0 Å². The number of hydrogen-bond acceptors (Lipinski definition) is 5.